The van der Waals surface area contributed by atoms with Crippen LogP contribution in [0.1, 0.15) is 30.4 Å². The number of benzene rings is 2. The Morgan fingerprint density at radius 3 is 2.14 bits per heavy atom. The number of hydrogen-bond acceptors (Lipinski definition) is 4. The van der Waals surface area contributed by atoms with E-state index >= 15 is 0 Å². The van der Waals surface area contributed by atoms with Crippen molar-refractivity contribution in [3.05, 3.63) is 65.7 Å². The Morgan fingerprint density at radius 1 is 0.828 bits per heavy atom. The van der Waals surface area contributed by atoms with E-state index in [4.69, 9.17) is 4.74 Å². The lowest BCUT2D eigenvalue weighted by Crippen LogP contribution is -2.21. The van der Waals surface area contributed by atoms with Crippen LogP contribution in [0, 0.1) is 0 Å². The van der Waals surface area contributed by atoms with Gasteiger partial charge in [-0.3, -0.25) is 14.4 Å². The highest BCUT2D eigenvalue weighted by Gasteiger charge is 2.09. The van der Waals surface area contributed by atoms with Crippen molar-refractivity contribution in [3.63, 3.8) is 0 Å². The molecule has 1 N–H and O–H groups in total. The van der Waals surface area contributed by atoms with E-state index < -0.39 is 0 Å². The molecule has 0 aliphatic rings. The summed E-state index contributed by atoms with van der Waals surface area (Å²) in [7, 11) is 3.47. The normalized spacial score (nSPS) is 10.3. The van der Waals surface area contributed by atoms with Crippen LogP contribution in [-0.2, 0) is 32.0 Å². The molecule has 2 rings (SSSR count). The van der Waals surface area contributed by atoms with Gasteiger partial charge in [0.1, 0.15) is 0 Å². The highest BCUT2D eigenvalue weighted by Crippen LogP contribution is 2.12. The molecule has 0 fully saturated rings. The first kappa shape index (κ1) is 22.1. The number of ether oxygens (including phenoxy) is 1. The van der Waals surface area contributed by atoms with Crippen LogP contribution in [0.3, 0.4) is 0 Å². The summed E-state index contributed by atoms with van der Waals surface area (Å²) in [6, 6.07) is 17.1. The Labute approximate surface area is 171 Å². The molecule has 6 nitrogen and oxygen atoms in total. The lowest BCUT2D eigenvalue weighted by molar-refractivity contribution is -0.144. The SMILES string of the molecule is CN(C)C(=O)CCc1ccc(NC(=O)CCC(=O)OCCc2ccccc2)cc1. The summed E-state index contributed by atoms with van der Waals surface area (Å²) in [5.74, 6) is -0.532. The van der Waals surface area contributed by atoms with E-state index in [0.717, 1.165) is 11.1 Å². The molecule has 0 aliphatic carbocycles. The minimum Gasteiger partial charge on any atom is -0.465 e. The molecular weight excluding hydrogens is 368 g/mol. The summed E-state index contributed by atoms with van der Waals surface area (Å²) in [5, 5.41) is 2.77. The van der Waals surface area contributed by atoms with Crippen molar-refractivity contribution in [1.82, 2.24) is 4.90 Å². The second-order valence-electron chi connectivity index (χ2n) is 6.99. The van der Waals surface area contributed by atoms with E-state index in [1.165, 1.54) is 0 Å². The highest BCUT2D eigenvalue weighted by atomic mass is 16.5. The zero-order valence-corrected chi connectivity index (χ0v) is 17.0. The van der Waals surface area contributed by atoms with Crippen molar-refractivity contribution in [1.29, 1.82) is 0 Å². The summed E-state index contributed by atoms with van der Waals surface area (Å²) in [6.45, 7) is 0.308. The molecule has 2 aromatic carbocycles. The van der Waals surface area contributed by atoms with Crippen LogP contribution in [0.5, 0.6) is 0 Å². The van der Waals surface area contributed by atoms with Gasteiger partial charge < -0.3 is 15.0 Å². The van der Waals surface area contributed by atoms with Gasteiger partial charge in [0.05, 0.1) is 13.0 Å². The van der Waals surface area contributed by atoms with E-state index in [1.54, 1.807) is 31.1 Å². The van der Waals surface area contributed by atoms with Crippen molar-refractivity contribution in [2.45, 2.75) is 32.1 Å². The van der Waals surface area contributed by atoms with Gasteiger partial charge in [0, 0.05) is 39.0 Å². The molecule has 0 atom stereocenters. The van der Waals surface area contributed by atoms with E-state index in [1.807, 2.05) is 42.5 Å². The Balaban J connectivity index is 1.65. The van der Waals surface area contributed by atoms with Crippen LogP contribution in [0.25, 0.3) is 0 Å². The fourth-order valence-corrected chi connectivity index (χ4v) is 2.67. The molecule has 2 aromatic rings. The van der Waals surface area contributed by atoms with Crippen molar-refractivity contribution in [3.8, 4) is 0 Å². The number of aryl methyl sites for hydroxylation is 1. The second-order valence-corrected chi connectivity index (χ2v) is 6.99. The molecule has 0 aromatic heterocycles. The maximum atomic E-state index is 12.0. The van der Waals surface area contributed by atoms with Gasteiger partial charge in [0.2, 0.25) is 11.8 Å². The summed E-state index contributed by atoms with van der Waals surface area (Å²) in [6.07, 6.45) is 1.88. The van der Waals surface area contributed by atoms with Gasteiger partial charge in [-0.25, -0.2) is 0 Å². The van der Waals surface area contributed by atoms with Crippen molar-refractivity contribution in [2.75, 3.05) is 26.0 Å². The summed E-state index contributed by atoms with van der Waals surface area (Å²) in [5.41, 5.74) is 2.79. The fourth-order valence-electron chi connectivity index (χ4n) is 2.67. The Bertz CT molecular complexity index is 801. The van der Waals surface area contributed by atoms with Crippen LogP contribution in [0.2, 0.25) is 0 Å². The summed E-state index contributed by atoms with van der Waals surface area (Å²) in [4.78, 5) is 37.0. The third-order valence-corrected chi connectivity index (χ3v) is 4.42. The number of amides is 2. The minimum absolute atomic E-state index is 0.0470. The molecule has 0 saturated heterocycles. The zero-order valence-electron chi connectivity index (χ0n) is 17.0. The van der Waals surface area contributed by atoms with Gasteiger partial charge in [-0.1, -0.05) is 42.5 Å². The van der Waals surface area contributed by atoms with Gasteiger partial charge in [-0.05, 0) is 29.7 Å². The van der Waals surface area contributed by atoms with Gasteiger partial charge in [-0.2, -0.15) is 0 Å². The molecule has 154 valence electrons. The molecule has 29 heavy (non-hydrogen) atoms. The lowest BCUT2D eigenvalue weighted by Gasteiger charge is -2.10. The van der Waals surface area contributed by atoms with Gasteiger partial charge in [0.25, 0.3) is 0 Å². The van der Waals surface area contributed by atoms with Gasteiger partial charge in [0.15, 0.2) is 0 Å². The van der Waals surface area contributed by atoms with Gasteiger partial charge in [-0.15, -0.1) is 0 Å². The average Bonchev–Trinajstić information content (AvgIpc) is 2.72. The average molecular weight is 396 g/mol. The van der Waals surface area contributed by atoms with E-state index in [0.29, 0.717) is 31.6 Å². The number of rotatable bonds is 10. The number of nitrogens with zero attached hydrogens (tertiary/aromatic N) is 1. The molecular formula is C23H28N2O4. The lowest BCUT2D eigenvalue weighted by atomic mass is 10.1. The molecule has 0 heterocycles. The topological polar surface area (TPSA) is 75.7 Å². The largest absolute Gasteiger partial charge is 0.465 e. The van der Waals surface area contributed by atoms with Gasteiger partial charge >= 0.3 is 5.97 Å². The van der Waals surface area contributed by atoms with E-state index in [2.05, 4.69) is 5.32 Å². The van der Waals surface area contributed by atoms with Crippen LogP contribution < -0.4 is 5.32 Å². The third-order valence-electron chi connectivity index (χ3n) is 4.42. The van der Waals surface area contributed by atoms with Crippen LogP contribution in [-0.4, -0.2) is 43.4 Å². The standard InChI is InChI=1S/C23H28N2O4/c1-25(2)22(27)14-10-19-8-11-20(12-9-19)24-21(26)13-15-23(28)29-17-16-18-6-4-3-5-7-18/h3-9,11-12H,10,13-17H2,1-2H3,(H,24,26). The number of anilines is 1. The summed E-state index contributed by atoms with van der Waals surface area (Å²) < 4.78 is 5.18. The molecule has 0 saturated carbocycles. The monoisotopic (exact) mass is 396 g/mol. The van der Waals surface area contributed by atoms with Crippen molar-refractivity contribution in [2.24, 2.45) is 0 Å². The van der Waals surface area contributed by atoms with Crippen LogP contribution >= 0.6 is 0 Å². The van der Waals surface area contributed by atoms with E-state index in [-0.39, 0.29) is 30.6 Å². The predicted octanol–water partition coefficient (Wildman–Crippen LogP) is 3.21. The first-order valence-corrected chi connectivity index (χ1v) is 9.72. The van der Waals surface area contributed by atoms with E-state index in [9.17, 15) is 14.4 Å². The number of hydrogen-bond donors (Lipinski definition) is 1. The zero-order chi connectivity index (χ0) is 21.1. The molecule has 0 radical (unpaired) electrons. The Kier molecular flexibility index (Phi) is 8.89. The number of carbonyl (C=O) groups is 3. The maximum Gasteiger partial charge on any atom is 0.306 e. The predicted molar refractivity (Wildman–Crippen MR) is 112 cm³/mol. The maximum absolute atomic E-state index is 12.0. The number of esters is 1. The number of nitrogens with one attached hydrogen (secondary N) is 1. The van der Waals surface area contributed by atoms with Crippen LogP contribution in [0.15, 0.2) is 54.6 Å². The van der Waals surface area contributed by atoms with Crippen molar-refractivity contribution < 1.29 is 19.1 Å². The smallest absolute Gasteiger partial charge is 0.306 e. The van der Waals surface area contributed by atoms with Crippen molar-refractivity contribution >= 4 is 23.5 Å². The first-order valence-electron chi connectivity index (χ1n) is 9.72. The molecule has 2 amide bonds. The molecule has 0 bridgehead atoms. The first-order chi connectivity index (χ1) is 13.9. The molecule has 0 aliphatic heterocycles. The summed E-state index contributed by atoms with van der Waals surface area (Å²) >= 11 is 0. The number of carbonyl (C=O) groups excluding carboxylic acids is 3. The highest BCUT2D eigenvalue weighted by molar-refractivity contribution is 5.92. The quantitative estimate of drug-likeness (QED) is 0.626. The molecule has 0 spiro atoms. The molecule has 6 heteroatoms. The second kappa shape index (κ2) is 11.6. The van der Waals surface area contributed by atoms with Crippen LogP contribution in [0.4, 0.5) is 5.69 Å². The third kappa shape index (κ3) is 8.60. The Hall–Kier alpha value is -3.15. The fraction of sp³-hybridized carbons (Fsp3) is 0.348. The Morgan fingerprint density at radius 2 is 1.48 bits per heavy atom. The molecule has 0 unspecified atom stereocenters. The minimum atomic E-state index is -0.378.